The number of rotatable bonds is 4. The van der Waals surface area contributed by atoms with Crippen LogP contribution in [0.2, 0.25) is 5.02 Å². The van der Waals surface area contributed by atoms with Crippen molar-refractivity contribution in [1.29, 1.82) is 0 Å². The van der Waals surface area contributed by atoms with E-state index in [0.717, 1.165) is 49.2 Å². The number of nitrogens with zero attached hydrogens (tertiary/aromatic N) is 4. The van der Waals surface area contributed by atoms with E-state index >= 15 is 0 Å². The van der Waals surface area contributed by atoms with Crippen molar-refractivity contribution in [3.8, 4) is 0 Å². The average Bonchev–Trinajstić information content (AvgIpc) is 3.04. The Labute approximate surface area is 170 Å². The Morgan fingerprint density at radius 2 is 2.00 bits per heavy atom. The van der Waals surface area contributed by atoms with E-state index in [1.165, 1.54) is 6.42 Å². The fraction of sp³-hybridized carbons (Fsp3) is 0.619. The number of anilines is 1. The minimum Gasteiger partial charge on any atom is -0.326 e. The monoisotopic (exact) mass is 399 g/mol. The lowest BCUT2D eigenvalue weighted by molar-refractivity contribution is -0.135. The molecule has 4 bridgehead atoms. The summed E-state index contributed by atoms with van der Waals surface area (Å²) in [7, 11) is 0. The van der Waals surface area contributed by atoms with Crippen LogP contribution in [0, 0.1) is 31.1 Å². The number of carbonyl (C=O) groups is 1. The lowest BCUT2D eigenvalue weighted by Gasteiger charge is -2.61. The maximum atomic E-state index is 12.9. The second kappa shape index (κ2) is 6.28. The number of halogens is 1. The van der Waals surface area contributed by atoms with Crippen LogP contribution in [-0.2, 0) is 10.3 Å². The molecule has 0 aliphatic heterocycles. The second-order valence-corrected chi connectivity index (χ2v) is 9.91. The van der Waals surface area contributed by atoms with Crippen molar-refractivity contribution in [3.63, 3.8) is 0 Å². The quantitative estimate of drug-likeness (QED) is 0.833. The van der Waals surface area contributed by atoms with Gasteiger partial charge in [-0.3, -0.25) is 4.79 Å². The highest BCUT2D eigenvalue weighted by atomic mass is 35.5. The molecule has 0 unspecified atom stereocenters. The first kappa shape index (κ1) is 18.1. The van der Waals surface area contributed by atoms with Crippen LogP contribution in [0.5, 0.6) is 0 Å². The molecule has 7 heteroatoms. The topological polar surface area (TPSA) is 72.7 Å². The molecule has 0 radical (unpaired) electrons. The fourth-order valence-electron chi connectivity index (χ4n) is 6.54. The number of benzene rings is 1. The molecule has 1 amide bonds. The summed E-state index contributed by atoms with van der Waals surface area (Å²) < 4.78 is 0. The van der Waals surface area contributed by atoms with Crippen LogP contribution in [0.4, 0.5) is 5.69 Å². The summed E-state index contributed by atoms with van der Waals surface area (Å²) >= 11 is 6.21. The van der Waals surface area contributed by atoms with Gasteiger partial charge in [0, 0.05) is 17.1 Å². The Hall–Kier alpha value is -1.95. The van der Waals surface area contributed by atoms with E-state index < -0.39 is 0 Å². The van der Waals surface area contributed by atoms with Gasteiger partial charge in [-0.2, -0.15) is 4.80 Å². The van der Waals surface area contributed by atoms with Crippen molar-refractivity contribution in [1.82, 2.24) is 20.2 Å². The summed E-state index contributed by atoms with van der Waals surface area (Å²) in [6, 6.07) is 5.69. The molecule has 148 valence electrons. The third-order valence-electron chi connectivity index (χ3n) is 7.08. The SMILES string of the molecule is Cc1nnn(C23C[C@H]4C[C@@H](CC(CC(=O)Nc5ccc(C)c(Cl)c5)(C4)C2)C3)n1. The molecule has 1 heterocycles. The van der Waals surface area contributed by atoms with Crippen LogP contribution in [0.3, 0.4) is 0 Å². The summed E-state index contributed by atoms with van der Waals surface area (Å²) in [6.45, 7) is 3.85. The number of aromatic nitrogens is 4. The largest absolute Gasteiger partial charge is 0.326 e. The zero-order valence-electron chi connectivity index (χ0n) is 16.4. The van der Waals surface area contributed by atoms with Gasteiger partial charge in [-0.1, -0.05) is 17.7 Å². The molecule has 6 nitrogen and oxygen atoms in total. The highest BCUT2D eigenvalue weighted by molar-refractivity contribution is 6.31. The number of carbonyl (C=O) groups excluding carboxylic acids is 1. The van der Waals surface area contributed by atoms with Crippen molar-refractivity contribution in [2.45, 2.75) is 64.3 Å². The van der Waals surface area contributed by atoms with Crippen molar-refractivity contribution < 1.29 is 4.79 Å². The standard InChI is InChI=1S/C21H26ClN5O/c1-13-3-4-17(6-18(13)22)23-19(28)11-20-7-15-5-16(8-20)10-21(9-15,12-20)27-25-14(2)24-26-27/h3-4,6,15-16H,5,7-12H2,1-2H3,(H,23,28)/t15-,16-,20?,21?/m0/s1. The van der Waals surface area contributed by atoms with E-state index in [-0.39, 0.29) is 16.9 Å². The fourth-order valence-corrected chi connectivity index (χ4v) is 6.72. The lowest BCUT2D eigenvalue weighted by Crippen LogP contribution is -2.57. The number of tetrazole rings is 1. The number of hydrogen-bond acceptors (Lipinski definition) is 4. The van der Waals surface area contributed by atoms with E-state index in [4.69, 9.17) is 11.6 Å². The second-order valence-electron chi connectivity index (χ2n) is 9.50. The summed E-state index contributed by atoms with van der Waals surface area (Å²) in [6.07, 6.45) is 7.34. The molecule has 4 aliphatic carbocycles. The molecule has 4 aliphatic rings. The van der Waals surface area contributed by atoms with Crippen molar-refractivity contribution in [3.05, 3.63) is 34.6 Å². The zero-order valence-corrected chi connectivity index (χ0v) is 17.2. The third-order valence-corrected chi connectivity index (χ3v) is 7.49. The van der Waals surface area contributed by atoms with Gasteiger partial charge in [-0.25, -0.2) is 0 Å². The van der Waals surface area contributed by atoms with Gasteiger partial charge >= 0.3 is 0 Å². The smallest absolute Gasteiger partial charge is 0.224 e. The number of amides is 1. The van der Waals surface area contributed by atoms with Crippen molar-refractivity contribution >= 4 is 23.2 Å². The maximum Gasteiger partial charge on any atom is 0.224 e. The molecule has 4 saturated carbocycles. The van der Waals surface area contributed by atoms with Crippen LogP contribution in [0.15, 0.2) is 18.2 Å². The first-order valence-corrected chi connectivity index (χ1v) is 10.6. The van der Waals surface area contributed by atoms with Crippen LogP contribution in [-0.4, -0.2) is 26.1 Å². The molecular formula is C21H26ClN5O. The van der Waals surface area contributed by atoms with Gasteiger partial charge in [0.1, 0.15) is 0 Å². The van der Waals surface area contributed by atoms with Gasteiger partial charge in [0.15, 0.2) is 5.82 Å². The van der Waals surface area contributed by atoms with E-state index in [2.05, 4.69) is 20.7 Å². The molecule has 1 aromatic carbocycles. The van der Waals surface area contributed by atoms with E-state index in [1.807, 2.05) is 36.8 Å². The van der Waals surface area contributed by atoms with Gasteiger partial charge in [-0.05, 0) is 92.5 Å². The Balaban J connectivity index is 1.37. The Morgan fingerprint density at radius 3 is 2.64 bits per heavy atom. The van der Waals surface area contributed by atoms with Gasteiger partial charge in [0.2, 0.25) is 5.91 Å². The molecule has 1 N–H and O–H groups in total. The summed E-state index contributed by atoms with van der Waals surface area (Å²) in [4.78, 5) is 14.8. The first-order chi connectivity index (χ1) is 13.3. The third kappa shape index (κ3) is 3.02. The first-order valence-electron chi connectivity index (χ1n) is 10.2. The summed E-state index contributed by atoms with van der Waals surface area (Å²) in [5, 5.41) is 16.8. The van der Waals surface area contributed by atoms with E-state index in [1.54, 1.807) is 0 Å². The number of hydrogen-bond donors (Lipinski definition) is 1. The van der Waals surface area contributed by atoms with Gasteiger partial charge < -0.3 is 5.32 Å². The highest BCUT2D eigenvalue weighted by Crippen LogP contribution is 2.65. The summed E-state index contributed by atoms with van der Waals surface area (Å²) in [5.41, 5.74) is 1.77. The minimum absolute atomic E-state index is 0.0458. The van der Waals surface area contributed by atoms with Crippen LogP contribution < -0.4 is 5.32 Å². The van der Waals surface area contributed by atoms with Crippen LogP contribution >= 0.6 is 11.6 Å². The van der Waals surface area contributed by atoms with E-state index in [9.17, 15) is 4.79 Å². The Bertz CT molecular complexity index is 925. The number of aryl methyl sites for hydroxylation is 2. The lowest BCUT2D eigenvalue weighted by atomic mass is 9.46. The molecule has 2 aromatic rings. The van der Waals surface area contributed by atoms with Crippen LogP contribution in [0.1, 0.15) is 56.3 Å². The Kier molecular flexibility index (Phi) is 4.06. The number of nitrogens with one attached hydrogen (secondary N) is 1. The van der Waals surface area contributed by atoms with Crippen molar-refractivity contribution in [2.75, 3.05) is 5.32 Å². The summed E-state index contributed by atoms with van der Waals surface area (Å²) in [5.74, 6) is 2.13. The molecule has 1 aromatic heterocycles. The molecule has 4 fully saturated rings. The Morgan fingerprint density at radius 1 is 1.25 bits per heavy atom. The molecular weight excluding hydrogens is 374 g/mol. The predicted molar refractivity (Wildman–Crippen MR) is 107 cm³/mol. The van der Waals surface area contributed by atoms with Crippen molar-refractivity contribution in [2.24, 2.45) is 17.3 Å². The van der Waals surface area contributed by atoms with Gasteiger partial charge in [0.25, 0.3) is 0 Å². The van der Waals surface area contributed by atoms with E-state index in [0.29, 0.717) is 23.3 Å². The van der Waals surface area contributed by atoms with Crippen LogP contribution in [0.25, 0.3) is 0 Å². The minimum atomic E-state index is -0.0568. The highest BCUT2D eigenvalue weighted by Gasteiger charge is 2.59. The van der Waals surface area contributed by atoms with Gasteiger partial charge in [-0.15, -0.1) is 10.2 Å². The molecule has 2 atom stereocenters. The molecule has 6 rings (SSSR count). The molecule has 0 saturated heterocycles. The molecule has 0 spiro atoms. The molecule has 28 heavy (non-hydrogen) atoms. The van der Waals surface area contributed by atoms with Gasteiger partial charge in [0.05, 0.1) is 5.54 Å². The predicted octanol–water partition coefficient (Wildman–Crippen LogP) is 4.27. The average molecular weight is 400 g/mol. The zero-order chi connectivity index (χ0) is 19.5. The normalized spacial score (nSPS) is 33.2. The maximum absolute atomic E-state index is 12.9.